The summed E-state index contributed by atoms with van der Waals surface area (Å²) in [5, 5.41) is 8.81. The fraction of sp³-hybridized carbons (Fsp3) is 0.308. The Bertz CT molecular complexity index is 1140. The Labute approximate surface area is 201 Å². The highest BCUT2D eigenvalue weighted by Gasteiger charge is 2.31. The molecule has 9 heteroatoms. The fourth-order valence-electron chi connectivity index (χ4n) is 3.24. The average Bonchev–Trinajstić information content (AvgIpc) is 2.79. The maximum Gasteiger partial charge on any atom is 0.416 e. The number of carboxylic acids is 1. The molecule has 0 amide bonds. The van der Waals surface area contributed by atoms with E-state index >= 15 is 0 Å². The summed E-state index contributed by atoms with van der Waals surface area (Å²) in [6, 6.07) is 13.4. The van der Waals surface area contributed by atoms with Gasteiger partial charge in [0.2, 0.25) is 0 Å². The summed E-state index contributed by atoms with van der Waals surface area (Å²) in [5.41, 5.74) is 0.701. The van der Waals surface area contributed by atoms with Crippen LogP contribution in [0, 0.1) is 6.92 Å². The minimum atomic E-state index is -4.51. The van der Waals surface area contributed by atoms with Gasteiger partial charge in [0.25, 0.3) is 0 Å². The van der Waals surface area contributed by atoms with E-state index in [2.05, 4.69) is 4.98 Å². The van der Waals surface area contributed by atoms with Crippen LogP contribution in [-0.4, -0.2) is 28.8 Å². The lowest BCUT2D eigenvalue weighted by molar-refractivity contribution is -0.138. The highest BCUT2D eigenvalue weighted by atomic mass is 19.4. The van der Waals surface area contributed by atoms with Gasteiger partial charge in [0.15, 0.2) is 11.5 Å². The number of alkyl halides is 3. The van der Waals surface area contributed by atoms with Crippen molar-refractivity contribution in [2.45, 2.75) is 45.4 Å². The number of carboxylic acid groups (broad SMARTS) is 1. The Morgan fingerprint density at radius 3 is 2.46 bits per heavy atom. The molecular weight excluding hydrogens is 463 g/mol. The molecule has 0 aliphatic heterocycles. The number of ether oxygens (including phenoxy) is 3. The zero-order valence-corrected chi connectivity index (χ0v) is 19.3. The number of hydrogen-bond donors (Lipinski definition) is 1. The second-order valence-corrected chi connectivity index (χ2v) is 7.97. The Kier molecular flexibility index (Phi) is 8.57. The molecule has 3 aromatic rings. The van der Waals surface area contributed by atoms with E-state index in [0.29, 0.717) is 30.0 Å². The molecule has 0 saturated heterocycles. The van der Waals surface area contributed by atoms with Crippen LogP contribution in [0.3, 0.4) is 0 Å². The van der Waals surface area contributed by atoms with Gasteiger partial charge in [0, 0.05) is 18.5 Å². The summed E-state index contributed by atoms with van der Waals surface area (Å²) in [4.78, 5) is 15.0. The van der Waals surface area contributed by atoms with Crippen LogP contribution in [-0.2, 0) is 17.4 Å². The topological polar surface area (TPSA) is 77.9 Å². The van der Waals surface area contributed by atoms with E-state index < -0.39 is 17.7 Å². The Morgan fingerprint density at radius 1 is 1.06 bits per heavy atom. The molecule has 0 aliphatic rings. The third kappa shape index (κ3) is 7.91. The Morgan fingerprint density at radius 2 is 1.80 bits per heavy atom. The van der Waals surface area contributed by atoms with E-state index in [4.69, 9.17) is 19.3 Å². The quantitative estimate of drug-likeness (QED) is 0.333. The first-order valence-electron chi connectivity index (χ1n) is 11.0. The molecular formula is C26H26F3NO5. The summed E-state index contributed by atoms with van der Waals surface area (Å²) in [5.74, 6) is 0.204. The molecule has 6 nitrogen and oxygen atoms in total. The van der Waals surface area contributed by atoms with Gasteiger partial charge < -0.3 is 19.3 Å². The van der Waals surface area contributed by atoms with E-state index in [-0.39, 0.29) is 30.6 Å². The van der Waals surface area contributed by atoms with E-state index in [1.54, 1.807) is 43.3 Å². The van der Waals surface area contributed by atoms with Crippen molar-refractivity contribution in [1.82, 2.24) is 4.98 Å². The third-order valence-electron chi connectivity index (χ3n) is 5.10. The molecule has 0 unspecified atom stereocenters. The number of benzene rings is 2. The number of para-hydroxylation sites is 1. The number of aromatic nitrogens is 1. The molecule has 0 bridgehead atoms. The van der Waals surface area contributed by atoms with Crippen molar-refractivity contribution in [1.29, 1.82) is 0 Å². The van der Waals surface area contributed by atoms with Gasteiger partial charge in [-0.25, -0.2) is 0 Å². The first-order valence-corrected chi connectivity index (χ1v) is 11.0. The summed E-state index contributed by atoms with van der Waals surface area (Å²) in [6.07, 6.45) is -2.56. The standard InChI is InChI=1S/C26H26F3NO5/c1-17-14-21(16-30-22(17)9-11-25(31)32)33-13-12-18(2)34-23-10-8-19(26(27,28)29)15-24(23)35-20-6-4-3-5-7-20/h3-8,10,14-16,18H,9,11-13H2,1-2H3,(H,31,32)/t18-/m1/s1. The van der Waals surface area contributed by atoms with Crippen LogP contribution in [0.25, 0.3) is 0 Å². The molecule has 0 fully saturated rings. The number of hydrogen-bond acceptors (Lipinski definition) is 5. The van der Waals surface area contributed by atoms with Crippen LogP contribution >= 0.6 is 0 Å². The molecule has 1 atom stereocenters. The predicted molar refractivity (Wildman–Crippen MR) is 123 cm³/mol. The van der Waals surface area contributed by atoms with Crippen molar-refractivity contribution in [3.8, 4) is 23.0 Å². The lowest BCUT2D eigenvalue weighted by Gasteiger charge is -2.19. The molecule has 35 heavy (non-hydrogen) atoms. The van der Waals surface area contributed by atoms with E-state index in [0.717, 1.165) is 17.7 Å². The molecule has 0 spiro atoms. The summed E-state index contributed by atoms with van der Waals surface area (Å²) in [7, 11) is 0. The first kappa shape index (κ1) is 25.9. The number of halogens is 3. The van der Waals surface area contributed by atoms with Crippen molar-refractivity contribution >= 4 is 5.97 Å². The van der Waals surface area contributed by atoms with Gasteiger partial charge in [-0.15, -0.1) is 0 Å². The largest absolute Gasteiger partial charge is 0.492 e. The molecule has 3 rings (SSSR count). The first-order chi connectivity index (χ1) is 16.6. The summed E-state index contributed by atoms with van der Waals surface area (Å²) in [6.45, 7) is 3.90. The van der Waals surface area contributed by atoms with Gasteiger partial charge in [0.1, 0.15) is 11.5 Å². The predicted octanol–water partition coefficient (Wildman–Crippen LogP) is 6.45. The number of aliphatic carboxylic acids is 1. The molecule has 186 valence electrons. The van der Waals surface area contributed by atoms with Crippen molar-refractivity contribution in [3.63, 3.8) is 0 Å². The van der Waals surface area contributed by atoms with Gasteiger partial charge in [-0.3, -0.25) is 9.78 Å². The minimum Gasteiger partial charge on any atom is -0.492 e. The number of nitrogens with zero attached hydrogens (tertiary/aromatic N) is 1. The molecule has 1 N–H and O–H groups in total. The highest BCUT2D eigenvalue weighted by Crippen LogP contribution is 2.38. The monoisotopic (exact) mass is 489 g/mol. The lowest BCUT2D eigenvalue weighted by Crippen LogP contribution is -2.16. The smallest absolute Gasteiger partial charge is 0.416 e. The van der Waals surface area contributed by atoms with Crippen LogP contribution in [0.2, 0.25) is 0 Å². The minimum absolute atomic E-state index is 0.00280. The number of carbonyl (C=O) groups is 1. The third-order valence-corrected chi connectivity index (χ3v) is 5.10. The zero-order chi connectivity index (χ0) is 25.4. The normalized spacial score (nSPS) is 12.1. The second-order valence-electron chi connectivity index (χ2n) is 7.97. The molecule has 0 aliphatic carbocycles. The van der Waals surface area contributed by atoms with Crippen molar-refractivity contribution in [3.05, 3.63) is 77.6 Å². The van der Waals surface area contributed by atoms with Gasteiger partial charge in [0.05, 0.1) is 30.9 Å². The van der Waals surface area contributed by atoms with Crippen LogP contribution in [0.1, 0.15) is 36.6 Å². The molecule has 1 heterocycles. The number of aryl methyl sites for hydroxylation is 2. The Hall–Kier alpha value is -3.75. The summed E-state index contributed by atoms with van der Waals surface area (Å²) >= 11 is 0. The van der Waals surface area contributed by atoms with Gasteiger partial charge in [-0.1, -0.05) is 18.2 Å². The molecule has 2 aromatic carbocycles. The fourth-order valence-corrected chi connectivity index (χ4v) is 3.24. The van der Waals surface area contributed by atoms with Crippen LogP contribution in [0.4, 0.5) is 13.2 Å². The maximum absolute atomic E-state index is 13.2. The average molecular weight is 489 g/mol. The lowest BCUT2D eigenvalue weighted by atomic mass is 10.1. The SMILES string of the molecule is Cc1cc(OCC[C@@H](C)Oc2ccc(C(F)(F)F)cc2Oc2ccccc2)cnc1CCC(=O)O. The molecule has 0 saturated carbocycles. The van der Waals surface area contributed by atoms with E-state index in [1.807, 2.05) is 6.92 Å². The maximum atomic E-state index is 13.2. The Balaban J connectivity index is 1.61. The van der Waals surface area contributed by atoms with Gasteiger partial charge >= 0.3 is 12.1 Å². The number of rotatable bonds is 11. The summed E-state index contributed by atoms with van der Waals surface area (Å²) < 4.78 is 56.9. The van der Waals surface area contributed by atoms with E-state index in [9.17, 15) is 18.0 Å². The van der Waals surface area contributed by atoms with Crippen LogP contribution < -0.4 is 14.2 Å². The van der Waals surface area contributed by atoms with Crippen molar-refractivity contribution in [2.24, 2.45) is 0 Å². The highest BCUT2D eigenvalue weighted by molar-refractivity contribution is 5.67. The van der Waals surface area contributed by atoms with Gasteiger partial charge in [-0.05, 0) is 55.8 Å². The molecule has 1 aromatic heterocycles. The van der Waals surface area contributed by atoms with Crippen molar-refractivity contribution in [2.75, 3.05) is 6.61 Å². The van der Waals surface area contributed by atoms with Crippen molar-refractivity contribution < 1.29 is 37.3 Å². The zero-order valence-electron chi connectivity index (χ0n) is 19.3. The van der Waals surface area contributed by atoms with Gasteiger partial charge in [-0.2, -0.15) is 13.2 Å². The molecule has 0 radical (unpaired) electrons. The number of pyridine rings is 1. The van der Waals surface area contributed by atoms with Crippen LogP contribution in [0.15, 0.2) is 60.8 Å². The second kappa shape index (κ2) is 11.6. The van der Waals surface area contributed by atoms with E-state index in [1.165, 1.54) is 12.3 Å². The van der Waals surface area contributed by atoms with Crippen LogP contribution in [0.5, 0.6) is 23.0 Å².